The van der Waals surface area contributed by atoms with Gasteiger partial charge in [0.1, 0.15) is 5.82 Å². The summed E-state index contributed by atoms with van der Waals surface area (Å²) in [4.78, 5) is 10.1. The van der Waals surface area contributed by atoms with Crippen molar-refractivity contribution in [3.8, 4) is 0 Å². The number of aliphatic imine (C=N–C) groups is 1. The average Bonchev–Trinajstić information content (AvgIpc) is 3.04. The van der Waals surface area contributed by atoms with E-state index >= 15 is 0 Å². The van der Waals surface area contributed by atoms with Gasteiger partial charge in [0.2, 0.25) is 0 Å². The normalized spacial score (nSPS) is 17.3. The number of rotatable bonds is 8. The largest absolute Gasteiger partial charge is 0.401 e. The Bertz CT molecular complexity index is 603. The predicted octanol–water partition coefficient (Wildman–Crippen LogP) is 2.87. The van der Waals surface area contributed by atoms with E-state index in [1.807, 2.05) is 6.20 Å². The van der Waals surface area contributed by atoms with Crippen LogP contribution < -0.4 is 10.6 Å². The lowest BCUT2D eigenvalue weighted by Gasteiger charge is -2.32. The summed E-state index contributed by atoms with van der Waals surface area (Å²) in [6.07, 6.45) is 2.25. The van der Waals surface area contributed by atoms with Crippen LogP contribution in [0.4, 0.5) is 13.2 Å². The van der Waals surface area contributed by atoms with E-state index in [4.69, 9.17) is 0 Å². The van der Waals surface area contributed by atoms with Gasteiger partial charge in [0.25, 0.3) is 0 Å². The molecule has 0 unspecified atom stereocenters. The first-order chi connectivity index (χ1) is 13.3. The zero-order valence-electron chi connectivity index (χ0n) is 17.1. The van der Waals surface area contributed by atoms with Crippen molar-refractivity contribution >= 4 is 5.96 Å². The van der Waals surface area contributed by atoms with Gasteiger partial charge in [0.15, 0.2) is 5.96 Å². The highest BCUT2D eigenvalue weighted by molar-refractivity contribution is 5.79. The van der Waals surface area contributed by atoms with Crippen LogP contribution in [0.2, 0.25) is 0 Å². The first-order valence-electron chi connectivity index (χ1n) is 10.0. The van der Waals surface area contributed by atoms with Crippen molar-refractivity contribution in [3.05, 3.63) is 18.2 Å². The van der Waals surface area contributed by atoms with E-state index in [9.17, 15) is 13.2 Å². The minimum absolute atomic E-state index is 0.458. The zero-order chi connectivity index (χ0) is 20.6. The third-order valence-corrected chi connectivity index (χ3v) is 4.96. The average molecular weight is 403 g/mol. The van der Waals surface area contributed by atoms with Crippen molar-refractivity contribution in [2.45, 2.75) is 52.4 Å². The van der Waals surface area contributed by atoms with Crippen molar-refractivity contribution in [1.82, 2.24) is 25.1 Å². The number of alkyl halides is 3. The number of nitrogens with zero attached hydrogens (tertiary/aromatic N) is 4. The summed E-state index contributed by atoms with van der Waals surface area (Å²) < 4.78 is 39.5. The van der Waals surface area contributed by atoms with Crippen LogP contribution in [0, 0.1) is 11.8 Å². The number of guanidine groups is 1. The molecule has 1 aliphatic heterocycles. The molecule has 28 heavy (non-hydrogen) atoms. The van der Waals surface area contributed by atoms with Gasteiger partial charge in [-0.1, -0.05) is 13.8 Å². The van der Waals surface area contributed by atoms with Crippen molar-refractivity contribution < 1.29 is 13.2 Å². The summed E-state index contributed by atoms with van der Waals surface area (Å²) in [5.41, 5.74) is 0. The number of halogens is 3. The monoisotopic (exact) mass is 402 g/mol. The van der Waals surface area contributed by atoms with Crippen LogP contribution in [-0.2, 0) is 13.1 Å². The van der Waals surface area contributed by atoms with Crippen LogP contribution in [0.25, 0.3) is 0 Å². The standard InChI is InChI=1S/C19H33F3N6/c1-15(2)13-28-11-8-24-17(28)12-26-18(23-3)25-7-4-16-5-9-27(10-6-16)14-19(20,21)22/h8,11,15-16H,4-7,9-10,12-14H2,1-3H3,(H2,23,25,26). The van der Waals surface area contributed by atoms with Gasteiger partial charge in [-0.05, 0) is 44.2 Å². The van der Waals surface area contributed by atoms with Gasteiger partial charge in [-0.2, -0.15) is 13.2 Å². The fourth-order valence-electron chi connectivity index (χ4n) is 3.53. The molecule has 1 saturated heterocycles. The SMILES string of the molecule is CN=C(NCCC1CCN(CC(F)(F)F)CC1)NCc1nccn1CC(C)C. The topological polar surface area (TPSA) is 57.5 Å². The summed E-state index contributed by atoms with van der Waals surface area (Å²) in [7, 11) is 1.73. The molecule has 1 fully saturated rings. The fourth-order valence-corrected chi connectivity index (χ4v) is 3.53. The second-order valence-electron chi connectivity index (χ2n) is 7.87. The second kappa shape index (κ2) is 10.7. The van der Waals surface area contributed by atoms with Gasteiger partial charge < -0.3 is 15.2 Å². The van der Waals surface area contributed by atoms with Crippen LogP contribution in [0.15, 0.2) is 17.4 Å². The highest BCUT2D eigenvalue weighted by atomic mass is 19.4. The van der Waals surface area contributed by atoms with E-state index in [0.717, 1.165) is 38.2 Å². The third-order valence-electron chi connectivity index (χ3n) is 4.96. The van der Waals surface area contributed by atoms with E-state index in [2.05, 4.69) is 39.0 Å². The third kappa shape index (κ3) is 8.08. The Morgan fingerprint density at radius 2 is 2.00 bits per heavy atom. The second-order valence-corrected chi connectivity index (χ2v) is 7.87. The molecule has 0 bridgehead atoms. The molecule has 0 aromatic carbocycles. The van der Waals surface area contributed by atoms with Crippen LogP contribution >= 0.6 is 0 Å². The molecule has 160 valence electrons. The highest BCUT2D eigenvalue weighted by Crippen LogP contribution is 2.23. The first-order valence-corrected chi connectivity index (χ1v) is 10.0. The number of imidazole rings is 1. The van der Waals surface area contributed by atoms with Crippen LogP contribution in [0.5, 0.6) is 0 Å². The number of nitrogens with one attached hydrogen (secondary N) is 2. The maximum Gasteiger partial charge on any atom is 0.401 e. The molecule has 0 aliphatic carbocycles. The number of likely N-dealkylation sites (tertiary alicyclic amines) is 1. The Kier molecular flexibility index (Phi) is 8.59. The first kappa shape index (κ1) is 22.5. The van der Waals surface area contributed by atoms with Crippen LogP contribution in [-0.4, -0.2) is 59.8 Å². The van der Waals surface area contributed by atoms with E-state index < -0.39 is 12.7 Å². The Labute approximate surface area is 165 Å². The number of piperidine rings is 1. The molecule has 0 atom stereocenters. The number of aromatic nitrogens is 2. The molecule has 0 radical (unpaired) electrons. The zero-order valence-corrected chi connectivity index (χ0v) is 17.1. The smallest absolute Gasteiger partial charge is 0.356 e. The quantitative estimate of drug-likeness (QED) is 0.519. The molecular formula is C19H33F3N6. The molecule has 1 aromatic rings. The Balaban J connectivity index is 1.66. The minimum Gasteiger partial charge on any atom is -0.356 e. The lowest BCUT2D eigenvalue weighted by Crippen LogP contribution is -2.41. The summed E-state index contributed by atoms with van der Waals surface area (Å²) in [6.45, 7) is 6.87. The summed E-state index contributed by atoms with van der Waals surface area (Å²) >= 11 is 0. The molecule has 2 N–H and O–H groups in total. The van der Waals surface area contributed by atoms with E-state index in [1.165, 1.54) is 4.90 Å². The number of hydrogen-bond acceptors (Lipinski definition) is 3. The van der Waals surface area contributed by atoms with Gasteiger partial charge in [-0.15, -0.1) is 0 Å². The van der Waals surface area contributed by atoms with E-state index in [-0.39, 0.29) is 0 Å². The molecule has 0 spiro atoms. The summed E-state index contributed by atoms with van der Waals surface area (Å²) in [5.74, 6) is 2.69. The maximum absolute atomic E-state index is 12.5. The fraction of sp³-hybridized carbons (Fsp3) is 0.789. The van der Waals surface area contributed by atoms with Gasteiger partial charge in [0.05, 0.1) is 13.1 Å². The molecule has 6 nitrogen and oxygen atoms in total. The van der Waals surface area contributed by atoms with Crippen molar-refractivity contribution in [3.63, 3.8) is 0 Å². The Morgan fingerprint density at radius 3 is 2.61 bits per heavy atom. The number of hydrogen-bond donors (Lipinski definition) is 2. The molecule has 2 heterocycles. The lowest BCUT2D eigenvalue weighted by atomic mass is 9.93. The van der Waals surface area contributed by atoms with Crippen molar-refractivity contribution in [1.29, 1.82) is 0 Å². The van der Waals surface area contributed by atoms with Crippen LogP contribution in [0.3, 0.4) is 0 Å². The molecule has 0 amide bonds. The predicted molar refractivity (Wildman–Crippen MR) is 105 cm³/mol. The molecule has 9 heteroatoms. The maximum atomic E-state index is 12.5. The molecule has 0 saturated carbocycles. The molecule has 1 aliphatic rings. The molecule has 2 rings (SSSR count). The van der Waals surface area contributed by atoms with Crippen molar-refractivity contribution in [2.24, 2.45) is 16.8 Å². The van der Waals surface area contributed by atoms with Gasteiger partial charge in [0, 0.05) is 32.5 Å². The Hall–Kier alpha value is -1.77. The summed E-state index contributed by atoms with van der Waals surface area (Å²) in [5, 5.41) is 6.58. The molecular weight excluding hydrogens is 369 g/mol. The van der Waals surface area contributed by atoms with Gasteiger partial charge in [-0.25, -0.2) is 4.98 Å². The minimum atomic E-state index is -4.10. The lowest BCUT2D eigenvalue weighted by molar-refractivity contribution is -0.148. The Morgan fingerprint density at radius 1 is 1.29 bits per heavy atom. The van der Waals surface area contributed by atoms with Crippen molar-refractivity contribution in [2.75, 3.05) is 33.2 Å². The summed E-state index contributed by atoms with van der Waals surface area (Å²) in [6, 6.07) is 0. The van der Waals surface area contributed by atoms with Gasteiger partial charge in [-0.3, -0.25) is 9.89 Å². The van der Waals surface area contributed by atoms with Gasteiger partial charge >= 0.3 is 6.18 Å². The van der Waals surface area contributed by atoms with Crippen LogP contribution in [0.1, 0.15) is 38.9 Å². The van der Waals surface area contributed by atoms with E-state index in [0.29, 0.717) is 37.4 Å². The molecule has 1 aromatic heterocycles. The highest BCUT2D eigenvalue weighted by Gasteiger charge is 2.32. The van der Waals surface area contributed by atoms with E-state index in [1.54, 1.807) is 13.2 Å².